The van der Waals surface area contributed by atoms with E-state index in [0.29, 0.717) is 12.5 Å². The lowest BCUT2D eigenvalue weighted by Gasteiger charge is -2.00. The molecule has 1 heterocycles. The van der Waals surface area contributed by atoms with E-state index in [1.54, 1.807) is 0 Å². The molecule has 2 nitrogen and oxygen atoms in total. The van der Waals surface area contributed by atoms with E-state index in [9.17, 15) is 4.79 Å². The van der Waals surface area contributed by atoms with Crippen LogP contribution in [0.25, 0.3) is 0 Å². The summed E-state index contributed by atoms with van der Waals surface area (Å²) in [7, 11) is 0. The molecule has 0 aromatic heterocycles. The maximum Gasteiger partial charge on any atom is 0.338 e. The second-order valence-corrected chi connectivity index (χ2v) is 3.41. The molecule has 2 atom stereocenters. The second-order valence-electron chi connectivity index (χ2n) is 3.41. The smallest absolute Gasteiger partial charge is 0.338 e. The molecule has 3 aliphatic rings. The van der Waals surface area contributed by atoms with Crippen molar-refractivity contribution >= 4 is 5.97 Å². The van der Waals surface area contributed by atoms with Crippen molar-refractivity contribution in [1.82, 2.24) is 0 Å². The maximum absolute atomic E-state index is 11.0. The molecule has 0 aromatic carbocycles. The van der Waals surface area contributed by atoms with E-state index in [1.165, 1.54) is 6.42 Å². The third-order valence-electron chi connectivity index (χ3n) is 2.61. The van der Waals surface area contributed by atoms with Crippen LogP contribution >= 0.6 is 0 Å². The summed E-state index contributed by atoms with van der Waals surface area (Å²) in [4.78, 5) is 11.0. The van der Waals surface area contributed by atoms with Crippen LogP contribution < -0.4 is 0 Å². The van der Waals surface area contributed by atoms with Gasteiger partial charge in [-0.25, -0.2) is 4.79 Å². The van der Waals surface area contributed by atoms with Crippen molar-refractivity contribution in [3.05, 3.63) is 23.3 Å². The summed E-state index contributed by atoms with van der Waals surface area (Å²) in [5.74, 6) is 1.25. The van der Waals surface area contributed by atoms with Gasteiger partial charge >= 0.3 is 5.97 Å². The van der Waals surface area contributed by atoms with Gasteiger partial charge < -0.3 is 4.74 Å². The van der Waals surface area contributed by atoms with E-state index >= 15 is 0 Å². The minimum atomic E-state index is -0.124. The van der Waals surface area contributed by atoms with Crippen molar-refractivity contribution in [2.24, 2.45) is 11.8 Å². The predicted molar refractivity (Wildman–Crippen MR) is 38.7 cm³/mol. The number of esters is 1. The van der Waals surface area contributed by atoms with Crippen LogP contribution in [-0.2, 0) is 9.53 Å². The normalized spacial score (nSPS) is 38.4. The first-order chi connectivity index (χ1) is 5.34. The Bertz CT molecular complexity index is 299. The zero-order valence-corrected chi connectivity index (χ0v) is 6.04. The van der Waals surface area contributed by atoms with Gasteiger partial charge in [0.05, 0.1) is 5.57 Å². The Labute approximate surface area is 64.5 Å². The van der Waals surface area contributed by atoms with E-state index in [-0.39, 0.29) is 5.97 Å². The molecular weight excluding hydrogens is 140 g/mol. The van der Waals surface area contributed by atoms with Crippen LogP contribution in [0.2, 0.25) is 0 Å². The first-order valence-electron chi connectivity index (χ1n) is 3.94. The Morgan fingerprint density at radius 3 is 3.09 bits per heavy atom. The summed E-state index contributed by atoms with van der Waals surface area (Å²) < 4.78 is 4.89. The molecule has 1 saturated heterocycles. The summed E-state index contributed by atoms with van der Waals surface area (Å²) in [6, 6.07) is 0. The zero-order valence-electron chi connectivity index (χ0n) is 6.04. The lowest BCUT2D eigenvalue weighted by atomic mass is 10.0. The van der Waals surface area contributed by atoms with Gasteiger partial charge in [0.1, 0.15) is 6.61 Å². The van der Waals surface area contributed by atoms with E-state index in [4.69, 9.17) is 4.74 Å². The summed E-state index contributed by atoms with van der Waals surface area (Å²) in [5.41, 5.74) is 1.96. The van der Waals surface area contributed by atoms with Crippen molar-refractivity contribution in [2.75, 3.05) is 6.61 Å². The van der Waals surface area contributed by atoms with Crippen LogP contribution in [0.1, 0.15) is 6.42 Å². The summed E-state index contributed by atoms with van der Waals surface area (Å²) in [6.07, 6.45) is 5.51. The van der Waals surface area contributed by atoms with Crippen LogP contribution in [0.5, 0.6) is 0 Å². The van der Waals surface area contributed by atoms with E-state index in [0.717, 1.165) is 17.1 Å². The van der Waals surface area contributed by atoms with Crippen LogP contribution in [0.4, 0.5) is 0 Å². The number of ether oxygens (including phenoxy) is 1. The van der Waals surface area contributed by atoms with Gasteiger partial charge in [0.2, 0.25) is 0 Å². The van der Waals surface area contributed by atoms with Crippen LogP contribution in [0, 0.1) is 11.8 Å². The average Bonchev–Trinajstić information content (AvgIpc) is 2.68. The SMILES string of the molecule is O=C1OCC2=CC3CC3C=C12. The largest absolute Gasteiger partial charge is 0.457 e. The van der Waals surface area contributed by atoms with Gasteiger partial charge in [0.25, 0.3) is 0 Å². The van der Waals surface area contributed by atoms with Gasteiger partial charge in [0, 0.05) is 0 Å². The first-order valence-corrected chi connectivity index (χ1v) is 3.94. The molecule has 2 fully saturated rings. The molecule has 2 aliphatic carbocycles. The van der Waals surface area contributed by atoms with Gasteiger partial charge in [0.15, 0.2) is 0 Å². The minimum Gasteiger partial charge on any atom is -0.457 e. The monoisotopic (exact) mass is 148 g/mol. The molecule has 0 bridgehead atoms. The van der Waals surface area contributed by atoms with E-state index < -0.39 is 0 Å². The highest BCUT2D eigenvalue weighted by atomic mass is 16.5. The molecule has 0 radical (unpaired) electrons. The zero-order chi connectivity index (χ0) is 7.42. The minimum absolute atomic E-state index is 0.124. The summed E-state index contributed by atoms with van der Waals surface area (Å²) in [6.45, 7) is 0.508. The van der Waals surface area contributed by atoms with Gasteiger partial charge in [-0.05, 0) is 23.8 Å². The Balaban J connectivity index is 2.10. The molecule has 2 unspecified atom stereocenters. The van der Waals surface area contributed by atoms with Crippen molar-refractivity contribution in [3.63, 3.8) is 0 Å². The average molecular weight is 148 g/mol. The van der Waals surface area contributed by atoms with E-state index in [1.807, 2.05) is 0 Å². The van der Waals surface area contributed by atoms with Gasteiger partial charge in [-0.15, -0.1) is 0 Å². The lowest BCUT2D eigenvalue weighted by molar-refractivity contribution is -0.135. The van der Waals surface area contributed by atoms with Crippen molar-refractivity contribution in [1.29, 1.82) is 0 Å². The van der Waals surface area contributed by atoms with Crippen LogP contribution in [0.3, 0.4) is 0 Å². The molecule has 11 heavy (non-hydrogen) atoms. The lowest BCUT2D eigenvalue weighted by Crippen LogP contribution is -1.98. The number of carbonyl (C=O) groups excluding carboxylic acids is 1. The van der Waals surface area contributed by atoms with E-state index in [2.05, 4.69) is 12.2 Å². The van der Waals surface area contributed by atoms with Crippen LogP contribution in [-0.4, -0.2) is 12.6 Å². The third-order valence-corrected chi connectivity index (χ3v) is 2.61. The number of carbonyl (C=O) groups is 1. The number of hydrogen-bond donors (Lipinski definition) is 0. The molecule has 0 spiro atoms. The first kappa shape index (κ1) is 5.58. The Hall–Kier alpha value is -1.05. The number of cyclic esters (lactones) is 1. The standard InChI is InChI=1S/C9H8O2/c10-9-8-3-6-1-5(6)2-7(8)4-11-9/h2-3,5-6H,1,4H2. The number of hydrogen-bond acceptors (Lipinski definition) is 2. The quantitative estimate of drug-likeness (QED) is 0.480. The fraction of sp³-hybridized carbons (Fsp3) is 0.444. The fourth-order valence-corrected chi connectivity index (χ4v) is 1.83. The van der Waals surface area contributed by atoms with Gasteiger partial charge in [-0.3, -0.25) is 0 Å². The molecule has 0 amide bonds. The highest BCUT2D eigenvalue weighted by molar-refractivity contribution is 5.96. The Morgan fingerprint density at radius 2 is 2.18 bits per heavy atom. The molecular formula is C9H8O2. The molecule has 1 saturated carbocycles. The molecule has 2 heteroatoms. The highest BCUT2D eigenvalue weighted by Crippen LogP contribution is 2.47. The topological polar surface area (TPSA) is 26.3 Å². The van der Waals surface area contributed by atoms with Crippen molar-refractivity contribution in [3.8, 4) is 0 Å². The number of allylic oxidation sites excluding steroid dienone is 2. The van der Waals surface area contributed by atoms with Crippen LogP contribution in [0.15, 0.2) is 23.3 Å². The Kier molecular flexibility index (Phi) is 0.799. The molecule has 0 aromatic rings. The van der Waals surface area contributed by atoms with Gasteiger partial charge in [-0.2, -0.15) is 0 Å². The molecule has 0 N–H and O–H groups in total. The van der Waals surface area contributed by atoms with Crippen molar-refractivity contribution in [2.45, 2.75) is 6.42 Å². The fourth-order valence-electron chi connectivity index (χ4n) is 1.83. The second kappa shape index (κ2) is 1.58. The Morgan fingerprint density at radius 1 is 1.36 bits per heavy atom. The highest BCUT2D eigenvalue weighted by Gasteiger charge is 2.41. The molecule has 1 aliphatic heterocycles. The number of fused-ring (bicyclic) bond motifs is 2. The summed E-state index contributed by atoms with van der Waals surface area (Å²) in [5, 5.41) is 0. The number of rotatable bonds is 0. The van der Waals surface area contributed by atoms with Crippen molar-refractivity contribution < 1.29 is 9.53 Å². The predicted octanol–water partition coefficient (Wildman–Crippen LogP) is 1.05. The third kappa shape index (κ3) is 0.642. The molecule has 3 rings (SSSR count). The molecule has 56 valence electrons. The summed E-state index contributed by atoms with van der Waals surface area (Å²) >= 11 is 0. The maximum atomic E-state index is 11.0. The van der Waals surface area contributed by atoms with Gasteiger partial charge in [-0.1, -0.05) is 12.2 Å².